The number of hydrogen-bond acceptors (Lipinski definition) is 3. The molecule has 0 aliphatic heterocycles. The van der Waals surface area contributed by atoms with E-state index < -0.39 is 24.2 Å². The molecule has 0 aliphatic rings. The largest absolute Gasteiger partial charge is 0.390 e. The van der Waals surface area contributed by atoms with Crippen molar-refractivity contribution in [3.63, 3.8) is 0 Å². The fourth-order valence-corrected chi connectivity index (χ4v) is 0.971. The summed E-state index contributed by atoms with van der Waals surface area (Å²) in [7, 11) is 0. The summed E-state index contributed by atoms with van der Waals surface area (Å²) in [6, 6.07) is 2.39. The van der Waals surface area contributed by atoms with Crippen molar-refractivity contribution >= 4 is 0 Å². The van der Waals surface area contributed by atoms with E-state index in [0.29, 0.717) is 0 Å². The number of rotatable bonds is 2. The number of halogens is 2. The van der Waals surface area contributed by atoms with Crippen LogP contribution >= 0.6 is 0 Å². The Kier molecular flexibility index (Phi) is 2.94. The highest BCUT2D eigenvalue weighted by Crippen LogP contribution is 2.16. The van der Waals surface area contributed by atoms with Crippen molar-refractivity contribution in [2.24, 2.45) is 0 Å². The first-order valence-corrected chi connectivity index (χ1v) is 3.65. The fourth-order valence-electron chi connectivity index (χ4n) is 0.971. The van der Waals surface area contributed by atoms with Crippen molar-refractivity contribution < 1.29 is 13.9 Å². The lowest BCUT2D eigenvalue weighted by Gasteiger charge is -2.02. The van der Waals surface area contributed by atoms with Gasteiger partial charge in [-0.3, -0.25) is 4.79 Å². The topological polar surface area (TPSA) is 76.9 Å². The van der Waals surface area contributed by atoms with Crippen LogP contribution in [0, 0.1) is 11.3 Å². The predicted octanol–water partition coefficient (Wildman–Crippen LogP) is 0.676. The Morgan fingerprint density at radius 2 is 2.29 bits per heavy atom. The summed E-state index contributed by atoms with van der Waals surface area (Å²) in [4.78, 5) is 13.0. The molecular formula is C8H6F2N2O2. The van der Waals surface area contributed by atoms with Crippen LogP contribution in [0.1, 0.15) is 23.2 Å². The average molecular weight is 200 g/mol. The van der Waals surface area contributed by atoms with Gasteiger partial charge in [0.1, 0.15) is 6.07 Å². The number of alkyl halides is 2. The summed E-state index contributed by atoms with van der Waals surface area (Å²) in [6.45, 7) is -0.568. The Hall–Kier alpha value is -1.74. The molecule has 1 aromatic rings. The highest BCUT2D eigenvalue weighted by Gasteiger charge is 2.15. The maximum Gasteiger partial charge on any atom is 0.269 e. The maximum absolute atomic E-state index is 12.2. The Morgan fingerprint density at radius 3 is 2.71 bits per heavy atom. The maximum atomic E-state index is 12.2. The monoisotopic (exact) mass is 200 g/mol. The van der Waals surface area contributed by atoms with Gasteiger partial charge < -0.3 is 10.1 Å². The summed E-state index contributed by atoms with van der Waals surface area (Å²) in [5, 5.41) is 17.2. The smallest absolute Gasteiger partial charge is 0.269 e. The Bertz CT molecular complexity index is 434. The number of aromatic nitrogens is 1. The number of nitrogens with one attached hydrogen (secondary N) is 1. The molecule has 1 heterocycles. The Labute approximate surface area is 77.4 Å². The van der Waals surface area contributed by atoms with E-state index in [1.165, 1.54) is 0 Å². The lowest BCUT2D eigenvalue weighted by Crippen LogP contribution is -2.16. The first-order valence-electron chi connectivity index (χ1n) is 3.65. The second kappa shape index (κ2) is 3.98. The highest BCUT2D eigenvalue weighted by atomic mass is 19.3. The van der Waals surface area contributed by atoms with Crippen LogP contribution in [-0.2, 0) is 6.61 Å². The van der Waals surface area contributed by atoms with Gasteiger partial charge in [-0.15, -0.1) is 0 Å². The van der Waals surface area contributed by atoms with Crippen molar-refractivity contribution in [2.45, 2.75) is 13.0 Å². The molecule has 0 spiro atoms. The normalized spacial score (nSPS) is 10.2. The number of nitriles is 1. The van der Waals surface area contributed by atoms with Crippen LogP contribution in [0.4, 0.5) is 8.78 Å². The summed E-state index contributed by atoms with van der Waals surface area (Å²) < 4.78 is 24.4. The van der Waals surface area contributed by atoms with Crippen molar-refractivity contribution in [2.75, 3.05) is 0 Å². The van der Waals surface area contributed by atoms with Gasteiger partial charge in [0.15, 0.2) is 0 Å². The predicted molar refractivity (Wildman–Crippen MR) is 42.7 cm³/mol. The van der Waals surface area contributed by atoms with Gasteiger partial charge in [-0.25, -0.2) is 8.78 Å². The van der Waals surface area contributed by atoms with E-state index in [4.69, 9.17) is 10.4 Å². The van der Waals surface area contributed by atoms with E-state index >= 15 is 0 Å². The molecule has 0 saturated heterocycles. The minimum atomic E-state index is -2.93. The van der Waals surface area contributed by atoms with Crippen molar-refractivity contribution in [3.8, 4) is 6.07 Å². The molecule has 2 N–H and O–H groups in total. The molecule has 0 aliphatic carbocycles. The van der Waals surface area contributed by atoms with Gasteiger partial charge >= 0.3 is 0 Å². The number of aliphatic hydroxyl groups is 1. The zero-order valence-electron chi connectivity index (χ0n) is 6.92. The molecule has 0 atom stereocenters. The minimum Gasteiger partial charge on any atom is -0.390 e. The standard InChI is InChI=1S/C8H6F2N2O2/c9-7(10)5-1-4(2-11)6(3-13)12-8(5)14/h1,7,13H,3H2,(H,12,14). The summed E-state index contributed by atoms with van der Waals surface area (Å²) in [5.74, 6) is 0. The van der Waals surface area contributed by atoms with E-state index in [1.807, 2.05) is 4.98 Å². The second-order valence-corrected chi connectivity index (χ2v) is 2.52. The SMILES string of the molecule is N#Cc1cc(C(F)F)c(=O)[nH]c1CO. The highest BCUT2D eigenvalue weighted by molar-refractivity contribution is 5.35. The van der Waals surface area contributed by atoms with Crippen molar-refractivity contribution in [3.05, 3.63) is 33.2 Å². The zero-order valence-corrected chi connectivity index (χ0v) is 6.92. The third-order valence-electron chi connectivity index (χ3n) is 1.67. The molecule has 0 aromatic carbocycles. The number of H-pyrrole nitrogens is 1. The number of aliphatic hydroxyl groups excluding tert-OH is 1. The molecule has 0 radical (unpaired) electrons. The lowest BCUT2D eigenvalue weighted by molar-refractivity contribution is 0.149. The van der Waals surface area contributed by atoms with E-state index in [9.17, 15) is 13.6 Å². The molecule has 6 heteroatoms. The van der Waals surface area contributed by atoms with Crippen LogP contribution < -0.4 is 5.56 Å². The van der Waals surface area contributed by atoms with Gasteiger partial charge in [-0.2, -0.15) is 5.26 Å². The van der Waals surface area contributed by atoms with Crippen LogP contribution in [0.25, 0.3) is 0 Å². The van der Waals surface area contributed by atoms with Gasteiger partial charge in [-0.05, 0) is 6.07 Å². The number of aromatic amines is 1. The minimum absolute atomic E-state index is 0.0538. The quantitative estimate of drug-likeness (QED) is 0.736. The fraction of sp³-hybridized carbons (Fsp3) is 0.250. The summed E-state index contributed by atoms with van der Waals surface area (Å²) in [5.41, 5.74) is -1.95. The van der Waals surface area contributed by atoms with Crippen LogP contribution in [-0.4, -0.2) is 10.1 Å². The molecule has 74 valence electrons. The van der Waals surface area contributed by atoms with Crippen LogP contribution in [0.2, 0.25) is 0 Å². The third-order valence-corrected chi connectivity index (χ3v) is 1.67. The molecule has 4 nitrogen and oxygen atoms in total. The molecule has 0 unspecified atom stereocenters. The van der Waals surface area contributed by atoms with E-state index in [2.05, 4.69) is 0 Å². The number of nitrogens with zero attached hydrogens (tertiary/aromatic N) is 1. The van der Waals surface area contributed by atoms with E-state index in [1.54, 1.807) is 6.07 Å². The Balaban J connectivity index is 3.40. The molecule has 0 saturated carbocycles. The third kappa shape index (κ3) is 1.78. The van der Waals surface area contributed by atoms with Gasteiger partial charge in [0, 0.05) is 0 Å². The second-order valence-electron chi connectivity index (χ2n) is 2.52. The first kappa shape index (κ1) is 10.3. The van der Waals surface area contributed by atoms with Gasteiger partial charge in [0.2, 0.25) is 0 Å². The van der Waals surface area contributed by atoms with E-state index in [0.717, 1.165) is 6.07 Å². The van der Waals surface area contributed by atoms with Crippen molar-refractivity contribution in [1.82, 2.24) is 4.98 Å². The van der Waals surface area contributed by atoms with Gasteiger partial charge in [0.05, 0.1) is 23.4 Å². The molecule has 0 bridgehead atoms. The van der Waals surface area contributed by atoms with Crippen molar-refractivity contribution in [1.29, 1.82) is 5.26 Å². The molecule has 0 amide bonds. The van der Waals surface area contributed by atoms with Crippen LogP contribution in [0.15, 0.2) is 10.9 Å². The summed E-state index contributed by atoms with van der Waals surface area (Å²) in [6.07, 6.45) is -2.93. The molecular weight excluding hydrogens is 194 g/mol. The molecule has 0 fully saturated rings. The molecule has 1 aromatic heterocycles. The molecule has 14 heavy (non-hydrogen) atoms. The van der Waals surface area contributed by atoms with Gasteiger partial charge in [-0.1, -0.05) is 0 Å². The molecule has 1 rings (SSSR count). The number of hydrogen-bond donors (Lipinski definition) is 2. The first-order chi connectivity index (χ1) is 6.60. The lowest BCUT2D eigenvalue weighted by atomic mass is 10.1. The number of pyridine rings is 1. The summed E-state index contributed by atoms with van der Waals surface area (Å²) >= 11 is 0. The Morgan fingerprint density at radius 1 is 1.64 bits per heavy atom. The van der Waals surface area contributed by atoms with Gasteiger partial charge in [0.25, 0.3) is 12.0 Å². The van der Waals surface area contributed by atoms with Crippen LogP contribution in [0.5, 0.6) is 0 Å². The van der Waals surface area contributed by atoms with Crippen LogP contribution in [0.3, 0.4) is 0 Å². The van der Waals surface area contributed by atoms with E-state index in [-0.39, 0.29) is 11.3 Å². The average Bonchev–Trinajstić information content (AvgIpc) is 2.16. The zero-order chi connectivity index (χ0) is 10.7.